The molecule has 1 aliphatic heterocycles. The van der Waals surface area contributed by atoms with Gasteiger partial charge < -0.3 is 10.6 Å². The number of halogens is 1. The molecule has 0 saturated carbocycles. The van der Waals surface area contributed by atoms with Gasteiger partial charge in [-0.05, 0) is 53.0 Å². The van der Waals surface area contributed by atoms with Crippen molar-refractivity contribution in [2.75, 3.05) is 17.2 Å². The largest absolute Gasteiger partial charge is 0.385 e. The Bertz CT molecular complexity index is 687. The Balaban J connectivity index is 1.81. The zero-order valence-corrected chi connectivity index (χ0v) is 13.3. The summed E-state index contributed by atoms with van der Waals surface area (Å²) in [6.45, 7) is 2.71. The topological polar surface area (TPSA) is 54.0 Å². The fraction of sp³-hybridized carbons (Fsp3) is 0.250. The number of para-hydroxylation sites is 1. The summed E-state index contributed by atoms with van der Waals surface area (Å²) in [6.07, 6.45) is 0.790. The number of nitrogens with zero attached hydrogens (tertiary/aromatic N) is 1. The lowest BCUT2D eigenvalue weighted by Gasteiger charge is -2.25. The Morgan fingerprint density at radius 1 is 1.33 bits per heavy atom. The van der Waals surface area contributed by atoms with Crippen molar-refractivity contribution in [3.63, 3.8) is 0 Å². The van der Waals surface area contributed by atoms with Gasteiger partial charge >= 0.3 is 0 Å². The monoisotopic (exact) mass is 345 g/mol. The first-order chi connectivity index (χ1) is 10.1. The van der Waals surface area contributed by atoms with Crippen molar-refractivity contribution in [2.24, 2.45) is 0 Å². The first-order valence-corrected chi connectivity index (χ1v) is 7.71. The number of carbonyl (C=O) groups is 1. The first kappa shape index (κ1) is 14.1. The number of benzene rings is 1. The molecular formula is C16H16BrN3O. The van der Waals surface area contributed by atoms with E-state index in [0.29, 0.717) is 5.82 Å². The number of nitrogens with one attached hydrogen (secondary N) is 2. The van der Waals surface area contributed by atoms with E-state index in [2.05, 4.69) is 31.5 Å². The highest BCUT2D eigenvalue weighted by molar-refractivity contribution is 9.10. The number of anilines is 2. The summed E-state index contributed by atoms with van der Waals surface area (Å²) in [7, 11) is 0. The number of aryl methyl sites for hydroxylation is 1. The zero-order chi connectivity index (χ0) is 14.8. The number of hydrogen-bond donors (Lipinski definition) is 2. The summed E-state index contributed by atoms with van der Waals surface area (Å²) in [4.78, 5) is 16.9. The number of pyridine rings is 1. The van der Waals surface area contributed by atoms with Crippen molar-refractivity contribution in [1.29, 1.82) is 0 Å². The van der Waals surface area contributed by atoms with Gasteiger partial charge in [-0.2, -0.15) is 0 Å². The maximum Gasteiger partial charge on any atom is 0.233 e. The Morgan fingerprint density at radius 3 is 2.95 bits per heavy atom. The smallest absolute Gasteiger partial charge is 0.233 e. The highest BCUT2D eigenvalue weighted by atomic mass is 79.9. The van der Waals surface area contributed by atoms with E-state index in [1.165, 1.54) is 0 Å². The van der Waals surface area contributed by atoms with E-state index < -0.39 is 0 Å². The van der Waals surface area contributed by atoms with E-state index in [1.807, 2.05) is 43.3 Å². The molecule has 1 aliphatic rings. The van der Waals surface area contributed by atoms with Crippen molar-refractivity contribution in [1.82, 2.24) is 4.98 Å². The molecule has 1 unspecified atom stereocenters. The van der Waals surface area contributed by atoms with Crippen LogP contribution in [0.2, 0.25) is 0 Å². The van der Waals surface area contributed by atoms with Crippen LogP contribution in [0.5, 0.6) is 0 Å². The molecular weight excluding hydrogens is 330 g/mol. The summed E-state index contributed by atoms with van der Waals surface area (Å²) >= 11 is 3.41. The number of carbonyl (C=O) groups excluding carboxylic acids is 1. The minimum absolute atomic E-state index is 0.00169. The number of hydrogen-bond acceptors (Lipinski definition) is 3. The number of rotatable bonds is 2. The highest BCUT2D eigenvalue weighted by Crippen LogP contribution is 2.32. The van der Waals surface area contributed by atoms with Crippen LogP contribution in [-0.4, -0.2) is 17.4 Å². The molecule has 1 aromatic heterocycles. The molecule has 2 N–H and O–H groups in total. The van der Waals surface area contributed by atoms with Crippen LogP contribution in [0, 0.1) is 6.92 Å². The van der Waals surface area contributed by atoms with E-state index >= 15 is 0 Å². The SMILES string of the molecule is Cc1nc(NC(=O)C2CCNc3ccccc32)ccc1Br. The second-order valence-corrected chi connectivity index (χ2v) is 5.96. The van der Waals surface area contributed by atoms with E-state index in [4.69, 9.17) is 0 Å². The second-order valence-electron chi connectivity index (χ2n) is 5.11. The fourth-order valence-corrected chi connectivity index (χ4v) is 2.79. The molecule has 2 aromatic rings. The average molecular weight is 346 g/mol. The molecule has 0 saturated heterocycles. The molecule has 4 nitrogen and oxygen atoms in total. The van der Waals surface area contributed by atoms with Crippen LogP contribution < -0.4 is 10.6 Å². The highest BCUT2D eigenvalue weighted by Gasteiger charge is 2.26. The molecule has 0 spiro atoms. The summed E-state index contributed by atoms with van der Waals surface area (Å²) in [5, 5.41) is 6.25. The number of fused-ring (bicyclic) bond motifs is 1. The first-order valence-electron chi connectivity index (χ1n) is 6.92. The Kier molecular flexibility index (Phi) is 3.92. The quantitative estimate of drug-likeness (QED) is 0.872. The van der Waals surface area contributed by atoms with Crippen molar-refractivity contribution in [2.45, 2.75) is 19.3 Å². The van der Waals surface area contributed by atoms with Gasteiger partial charge in [0.1, 0.15) is 5.82 Å². The molecule has 1 amide bonds. The van der Waals surface area contributed by atoms with Crippen molar-refractivity contribution >= 4 is 33.3 Å². The van der Waals surface area contributed by atoms with Gasteiger partial charge in [0.15, 0.2) is 0 Å². The van der Waals surface area contributed by atoms with Crippen LogP contribution in [0.15, 0.2) is 40.9 Å². The van der Waals surface area contributed by atoms with Gasteiger partial charge in [-0.15, -0.1) is 0 Å². The molecule has 2 heterocycles. The number of amides is 1. The third kappa shape index (κ3) is 2.93. The third-order valence-electron chi connectivity index (χ3n) is 3.67. The molecule has 21 heavy (non-hydrogen) atoms. The fourth-order valence-electron chi connectivity index (χ4n) is 2.57. The predicted octanol–water partition coefficient (Wildman–Crippen LogP) is 3.69. The van der Waals surface area contributed by atoms with Crippen LogP contribution in [0.4, 0.5) is 11.5 Å². The average Bonchev–Trinajstić information content (AvgIpc) is 2.50. The molecule has 0 radical (unpaired) electrons. The second kappa shape index (κ2) is 5.85. The summed E-state index contributed by atoms with van der Waals surface area (Å²) in [5.41, 5.74) is 2.96. The maximum absolute atomic E-state index is 12.5. The maximum atomic E-state index is 12.5. The van der Waals surface area contributed by atoms with Crippen LogP contribution in [0.25, 0.3) is 0 Å². The van der Waals surface area contributed by atoms with Crippen LogP contribution in [-0.2, 0) is 4.79 Å². The van der Waals surface area contributed by atoms with Gasteiger partial charge in [-0.25, -0.2) is 4.98 Å². The molecule has 108 valence electrons. The normalized spacial score (nSPS) is 16.8. The molecule has 0 aliphatic carbocycles. The van der Waals surface area contributed by atoms with Crippen LogP contribution >= 0.6 is 15.9 Å². The summed E-state index contributed by atoms with van der Waals surface area (Å²) in [5.74, 6) is 0.461. The van der Waals surface area contributed by atoms with Gasteiger partial charge in [-0.1, -0.05) is 18.2 Å². The Labute approximate surface area is 132 Å². The Hall–Kier alpha value is -1.88. The van der Waals surface area contributed by atoms with Gasteiger partial charge in [0, 0.05) is 16.7 Å². The van der Waals surface area contributed by atoms with Crippen LogP contribution in [0.1, 0.15) is 23.6 Å². The molecule has 5 heteroatoms. The van der Waals surface area contributed by atoms with E-state index in [1.54, 1.807) is 0 Å². The van der Waals surface area contributed by atoms with Crippen molar-refractivity contribution in [3.8, 4) is 0 Å². The van der Waals surface area contributed by atoms with Crippen molar-refractivity contribution in [3.05, 3.63) is 52.1 Å². The number of aromatic nitrogens is 1. The standard InChI is InChI=1S/C16H16BrN3O/c1-10-13(17)6-7-15(19-10)20-16(21)12-8-9-18-14-5-3-2-4-11(12)14/h2-7,12,18H,8-9H2,1H3,(H,19,20,21). The van der Waals surface area contributed by atoms with Crippen LogP contribution in [0.3, 0.4) is 0 Å². The lowest BCUT2D eigenvalue weighted by atomic mass is 9.90. The van der Waals surface area contributed by atoms with Gasteiger partial charge in [0.05, 0.1) is 11.6 Å². The third-order valence-corrected chi connectivity index (χ3v) is 4.51. The minimum atomic E-state index is -0.131. The Morgan fingerprint density at radius 2 is 2.14 bits per heavy atom. The molecule has 3 rings (SSSR count). The van der Waals surface area contributed by atoms with E-state index in [9.17, 15) is 4.79 Å². The zero-order valence-electron chi connectivity index (χ0n) is 11.7. The summed E-state index contributed by atoms with van der Waals surface area (Å²) in [6, 6.07) is 11.7. The van der Waals surface area contributed by atoms with Gasteiger partial charge in [0.2, 0.25) is 5.91 Å². The lowest BCUT2D eigenvalue weighted by molar-refractivity contribution is -0.117. The molecule has 1 atom stereocenters. The molecule has 0 bridgehead atoms. The van der Waals surface area contributed by atoms with E-state index in [-0.39, 0.29) is 11.8 Å². The molecule has 0 fully saturated rings. The molecule has 1 aromatic carbocycles. The lowest BCUT2D eigenvalue weighted by Crippen LogP contribution is -2.27. The minimum Gasteiger partial charge on any atom is -0.385 e. The van der Waals surface area contributed by atoms with E-state index in [0.717, 1.165) is 34.4 Å². The predicted molar refractivity (Wildman–Crippen MR) is 87.6 cm³/mol. The van der Waals surface area contributed by atoms with Gasteiger partial charge in [0.25, 0.3) is 0 Å². The van der Waals surface area contributed by atoms with Crippen molar-refractivity contribution < 1.29 is 4.79 Å². The van der Waals surface area contributed by atoms with Gasteiger partial charge in [-0.3, -0.25) is 4.79 Å². The summed E-state index contributed by atoms with van der Waals surface area (Å²) < 4.78 is 0.938.